The Labute approximate surface area is 116 Å². The van der Waals surface area contributed by atoms with Gasteiger partial charge in [0.2, 0.25) is 0 Å². The number of aryl methyl sites for hydroxylation is 1. The maximum Gasteiger partial charge on any atom is 0.332 e. The molecule has 0 atom stereocenters. The Kier molecular flexibility index (Phi) is 3.80. The summed E-state index contributed by atoms with van der Waals surface area (Å²) in [6.07, 6.45) is 0. The van der Waals surface area contributed by atoms with Crippen molar-refractivity contribution in [3.63, 3.8) is 0 Å². The molecule has 0 aromatic carbocycles. The van der Waals surface area contributed by atoms with Crippen LogP contribution < -0.4 is 17.0 Å². The van der Waals surface area contributed by atoms with Crippen molar-refractivity contribution in [2.24, 2.45) is 18.7 Å². The molecule has 0 aliphatic rings. The van der Waals surface area contributed by atoms with Crippen molar-refractivity contribution in [3.8, 4) is 0 Å². The largest absolute Gasteiger partial charge is 0.332 e. The van der Waals surface area contributed by atoms with Crippen LogP contribution in [0.15, 0.2) is 9.59 Å². The highest BCUT2D eigenvalue weighted by molar-refractivity contribution is 5.71. The zero-order valence-corrected chi connectivity index (χ0v) is 12.4. The Morgan fingerprint density at radius 2 is 1.90 bits per heavy atom. The lowest BCUT2D eigenvalue weighted by Gasteiger charge is -2.11. The number of aromatic nitrogens is 4. The molecule has 20 heavy (non-hydrogen) atoms. The van der Waals surface area contributed by atoms with Gasteiger partial charge in [0, 0.05) is 26.7 Å². The Hall–Kier alpha value is -1.89. The number of imidazole rings is 1. The van der Waals surface area contributed by atoms with E-state index < -0.39 is 0 Å². The molecule has 0 saturated heterocycles. The Morgan fingerprint density at radius 3 is 2.45 bits per heavy atom. The highest BCUT2D eigenvalue weighted by Crippen LogP contribution is 2.11. The zero-order valence-electron chi connectivity index (χ0n) is 12.4. The number of hydrogen-bond donors (Lipinski definition) is 1. The van der Waals surface area contributed by atoms with Crippen molar-refractivity contribution in [2.45, 2.75) is 33.9 Å². The van der Waals surface area contributed by atoms with Crippen LogP contribution in [0.4, 0.5) is 0 Å². The summed E-state index contributed by atoms with van der Waals surface area (Å²) in [5.74, 6) is 0.985. The molecule has 0 amide bonds. The average molecular weight is 279 g/mol. The number of nitrogens with two attached hydrogens (primary N) is 1. The monoisotopic (exact) mass is 279 g/mol. The second-order valence-corrected chi connectivity index (χ2v) is 5.42. The third kappa shape index (κ3) is 2.18. The van der Waals surface area contributed by atoms with Gasteiger partial charge in [0.25, 0.3) is 5.56 Å². The summed E-state index contributed by atoms with van der Waals surface area (Å²) in [6, 6.07) is 0. The first kappa shape index (κ1) is 14.5. The van der Waals surface area contributed by atoms with E-state index >= 15 is 0 Å². The van der Waals surface area contributed by atoms with E-state index in [1.165, 1.54) is 7.05 Å². The fourth-order valence-electron chi connectivity index (χ4n) is 2.40. The van der Waals surface area contributed by atoms with Crippen LogP contribution in [-0.4, -0.2) is 25.2 Å². The van der Waals surface area contributed by atoms with Crippen molar-refractivity contribution < 1.29 is 0 Å². The molecule has 2 heterocycles. The van der Waals surface area contributed by atoms with Crippen LogP contribution in [0.5, 0.6) is 0 Å². The van der Waals surface area contributed by atoms with Crippen LogP contribution in [0.25, 0.3) is 11.2 Å². The van der Waals surface area contributed by atoms with E-state index in [1.54, 1.807) is 9.13 Å². The maximum absolute atomic E-state index is 12.3. The molecule has 0 aliphatic heterocycles. The van der Waals surface area contributed by atoms with Crippen LogP contribution >= 0.6 is 0 Å². The fraction of sp³-hybridized carbons (Fsp3) is 0.615. The lowest BCUT2D eigenvalue weighted by atomic mass is 10.2. The van der Waals surface area contributed by atoms with Gasteiger partial charge in [-0.25, -0.2) is 9.78 Å². The number of hydrogen-bond acceptors (Lipinski definition) is 4. The molecule has 2 aromatic heterocycles. The van der Waals surface area contributed by atoms with Gasteiger partial charge in [0.05, 0.1) is 0 Å². The molecule has 0 bridgehead atoms. The van der Waals surface area contributed by atoms with Crippen LogP contribution in [0.1, 0.15) is 19.7 Å². The molecule has 0 aliphatic carbocycles. The van der Waals surface area contributed by atoms with E-state index in [2.05, 4.69) is 4.98 Å². The lowest BCUT2D eigenvalue weighted by molar-refractivity contribution is 0.499. The van der Waals surface area contributed by atoms with Gasteiger partial charge in [-0.05, 0) is 12.8 Å². The molecule has 2 N–H and O–H groups in total. The second kappa shape index (κ2) is 5.24. The Balaban J connectivity index is 2.90. The topological polar surface area (TPSA) is 87.8 Å². The summed E-state index contributed by atoms with van der Waals surface area (Å²) in [7, 11) is 1.50. The molecule has 2 aromatic rings. The van der Waals surface area contributed by atoms with Crippen LogP contribution in [0, 0.1) is 12.8 Å². The Morgan fingerprint density at radius 1 is 1.25 bits per heavy atom. The highest BCUT2D eigenvalue weighted by atomic mass is 16.2. The van der Waals surface area contributed by atoms with Gasteiger partial charge in [0.15, 0.2) is 11.2 Å². The molecular formula is C13H21N5O2. The normalized spacial score (nSPS) is 11.7. The zero-order chi connectivity index (χ0) is 15.0. The van der Waals surface area contributed by atoms with Crippen molar-refractivity contribution in [2.75, 3.05) is 6.54 Å². The van der Waals surface area contributed by atoms with E-state index in [4.69, 9.17) is 5.73 Å². The van der Waals surface area contributed by atoms with Crippen molar-refractivity contribution in [1.29, 1.82) is 0 Å². The SMILES string of the molecule is Cc1nc2c(c(=O)n(C)c(=O)n2CC(C)C)n1CCN. The lowest BCUT2D eigenvalue weighted by Crippen LogP contribution is -2.39. The molecule has 7 nitrogen and oxygen atoms in total. The summed E-state index contributed by atoms with van der Waals surface area (Å²) in [5, 5.41) is 0. The second-order valence-electron chi connectivity index (χ2n) is 5.42. The predicted molar refractivity (Wildman–Crippen MR) is 77.9 cm³/mol. The van der Waals surface area contributed by atoms with Gasteiger partial charge < -0.3 is 10.3 Å². The number of fused-ring (bicyclic) bond motifs is 1. The summed E-state index contributed by atoms with van der Waals surface area (Å²) < 4.78 is 4.49. The number of rotatable bonds is 4. The van der Waals surface area contributed by atoms with E-state index in [-0.39, 0.29) is 17.2 Å². The molecular weight excluding hydrogens is 258 g/mol. The molecule has 7 heteroatoms. The minimum atomic E-state index is -0.325. The van der Waals surface area contributed by atoms with Gasteiger partial charge >= 0.3 is 5.69 Å². The summed E-state index contributed by atoms with van der Waals surface area (Å²) in [6.45, 7) is 7.32. The summed E-state index contributed by atoms with van der Waals surface area (Å²) >= 11 is 0. The molecule has 0 radical (unpaired) electrons. The third-order valence-electron chi connectivity index (χ3n) is 3.32. The smallest absolute Gasteiger partial charge is 0.329 e. The van der Waals surface area contributed by atoms with Gasteiger partial charge in [-0.15, -0.1) is 0 Å². The van der Waals surface area contributed by atoms with Crippen molar-refractivity contribution in [1.82, 2.24) is 18.7 Å². The number of nitrogens with zero attached hydrogens (tertiary/aromatic N) is 4. The van der Waals surface area contributed by atoms with Crippen LogP contribution in [0.3, 0.4) is 0 Å². The maximum atomic E-state index is 12.3. The van der Waals surface area contributed by atoms with Gasteiger partial charge in [-0.3, -0.25) is 13.9 Å². The van der Waals surface area contributed by atoms with Crippen LogP contribution in [0.2, 0.25) is 0 Å². The van der Waals surface area contributed by atoms with E-state index in [0.29, 0.717) is 36.6 Å². The van der Waals surface area contributed by atoms with E-state index in [9.17, 15) is 9.59 Å². The minimum Gasteiger partial charge on any atom is -0.329 e. The predicted octanol–water partition coefficient (Wildman–Crippen LogP) is -0.180. The third-order valence-corrected chi connectivity index (χ3v) is 3.32. The average Bonchev–Trinajstić information content (AvgIpc) is 2.70. The highest BCUT2D eigenvalue weighted by Gasteiger charge is 2.18. The first-order valence-corrected chi connectivity index (χ1v) is 6.75. The first-order chi connectivity index (χ1) is 9.38. The quantitative estimate of drug-likeness (QED) is 0.841. The summed E-state index contributed by atoms with van der Waals surface area (Å²) in [4.78, 5) is 29.0. The molecule has 110 valence electrons. The molecule has 0 spiro atoms. The molecule has 0 saturated carbocycles. The van der Waals surface area contributed by atoms with Gasteiger partial charge in [-0.2, -0.15) is 0 Å². The van der Waals surface area contributed by atoms with E-state index in [0.717, 1.165) is 4.57 Å². The van der Waals surface area contributed by atoms with Crippen molar-refractivity contribution in [3.05, 3.63) is 26.7 Å². The Bertz CT molecular complexity index is 751. The fourth-order valence-corrected chi connectivity index (χ4v) is 2.40. The standard InChI is InChI=1S/C13H21N5O2/c1-8(2)7-18-11-10(12(19)16(4)13(18)20)17(6-5-14)9(3)15-11/h8H,5-7,14H2,1-4H3. The first-order valence-electron chi connectivity index (χ1n) is 6.75. The van der Waals surface area contributed by atoms with Gasteiger partial charge in [-0.1, -0.05) is 13.8 Å². The van der Waals surface area contributed by atoms with E-state index in [1.807, 2.05) is 20.8 Å². The van der Waals surface area contributed by atoms with Gasteiger partial charge in [0.1, 0.15) is 5.82 Å². The molecule has 0 fully saturated rings. The summed E-state index contributed by atoms with van der Waals surface area (Å²) in [5.41, 5.74) is 5.86. The molecule has 0 unspecified atom stereocenters. The molecule has 2 rings (SSSR count). The van der Waals surface area contributed by atoms with Crippen molar-refractivity contribution >= 4 is 11.2 Å². The minimum absolute atomic E-state index is 0.286. The van der Waals surface area contributed by atoms with Crippen LogP contribution in [-0.2, 0) is 20.1 Å².